The van der Waals surface area contributed by atoms with Crippen molar-refractivity contribution in [3.8, 4) is 0 Å². The molecule has 1 amide bonds. The maximum atomic E-state index is 13.4. The van der Waals surface area contributed by atoms with E-state index in [4.69, 9.17) is 4.74 Å². The number of sulfonamides is 1. The predicted molar refractivity (Wildman–Crippen MR) is 126 cm³/mol. The van der Waals surface area contributed by atoms with Gasteiger partial charge >= 0.3 is 6.09 Å². The minimum atomic E-state index is -3.63. The summed E-state index contributed by atoms with van der Waals surface area (Å²) in [5.74, 6) is 0. The van der Waals surface area contributed by atoms with Gasteiger partial charge in [-0.2, -0.15) is 4.31 Å². The maximum Gasteiger partial charge on any atom is 0.414 e. The van der Waals surface area contributed by atoms with Crippen LogP contribution in [-0.2, 0) is 21.4 Å². The number of benzene rings is 3. The zero-order valence-electron chi connectivity index (χ0n) is 17.9. The van der Waals surface area contributed by atoms with E-state index in [1.165, 1.54) is 4.31 Å². The molecule has 0 spiro atoms. The van der Waals surface area contributed by atoms with Crippen molar-refractivity contribution >= 4 is 45.3 Å². The van der Waals surface area contributed by atoms with E-state index >= 15 is 0 Å². The Morgan fingerprint density at radius 1 is 1.00 bits per heavy atom. The molecule has 0 unspecified atom stereocenters. The fourth-order valence-corrected chi connectivity index (χ4v) is 6.37. The van der Waals surface area contributed by atoms with Crippen molar-refractivity contribution in [2.24, 2.45) is 0 Å². The van der Waals surface area contributed by atoms with Crippen LogP contribution < -0.4 is 10.4 Å². The van der Waals surface area contributed by atoms with Crippen molar-refractivity contribution in [1.82, 2.24) is 4.31 Å². The smallest absolute Gasteiger partial charge is 0.414 e. The zero-order valence-corrected chi connectivity index (χ0v) is 18.7. The first-order valence-electron chi connectivity index (χ1n) is 10.9. The lowest BCUT2D eigenvalue weighted by atomic mass is 9.73. The first-order valence-corrected chi connectivity index (χ1v) is 12.3. The Morgan fingerprint density at radius 2 is 1.75 bits per heavy atom. The second-order valence-corrected chi connectivity index (χ2v) is 10.1. The van der Waals surface area contributed by atoms with Crippen molar-refractivity contribution in [1.29, 1.82) is 0 Å². The maximum absolute atomic E-state index is 13.4. The first-order chi connectivity index (χ1) is 15.5. The van der Waals surface area contributed by atoms with E-state index < -0.39 is 10.0 Å². The van der Waals surface area contributed by atoms with E-state index in [0.717, 1.165) is 27.5 Å². The summed E-state index contributed by atoms with van der Waals surface area (Å²) in [7, 11) is -1.62. The molecule has 0 bridgehead atoms. The highest BCUT2D eigenvalue weighted by atomic mass is 32.2. The van der Waals surface area contributed by atoms with Gasteiger partial charge in [0.25, 0.3) is 0 Å². The minimum Gasteiger partial charge on any atom is -0.444 e. The van der Waals surface area contributed by atoms with E-state index in [1.807, 2.05) is 62.6 Å². The van der Waals surface area contributed by atoms with Crippen molar-refractivity contribution in [3.63, 3.8) is 0 Å². The van der Waals surface area contributed by atoms with Crippen molar-refractivity contribution < 1.29 is 17.9 Å². The monoisotopic (exact) mass is 447 g/mol. The van der Waals surface area contributed by atoms with Gasteiger partial charge in [-0.1, -0.05) is 60.8 Å². The number of amides is 1. The van der Waals surface area contributed by atoms with Gasteiger partial charge in [0.05, 0.1) is 10.6 Å². The lowest BCUT2D eigenvalue weighted by Crippen LogP contribution is -2.50. The van der Waals surface area contributed by atoms with Crippen molar-refractivity contribution in [2.45, 2.75) is 37.2 Å². The summed E-state index contributed by atoms with van der Waals surface area (Å²) in [5.41, 5.74) is 2.92. The molecular formula is C24H24BN2O4S. The molecule has 1 fully saturated rings. The number of fused-ring (bicyclic) bond motifs is 2. The van der Waals surface area contributed by atoms with Crippen LogP contribution in [0.3, 0.4) is 0 Å². The Bertz CT molecular complexity index is 1280. The number of nitrogens with zero attached hydrogens (tertiary/aromatic N) is 2. The standard InChI is InChI=1S/C24H24BN2O4S/c1-25-19-9-10-22-18(15-19)16-31-24(28)27(22)20-11-13-26(14-12-20)32(29,30)23-8-4-6-17-5-2-3-7-21(17)23/h2-10,15,20H,11-14,16H2,1H3. The number of piperidine rings is 1. The van der Waals surface area contributed by atoms with E-state index in [1.54, 1.807) is 17.0 Å². The molecule has 5 rings (SSSR count). The summed E-state index contributed by atoms with van der Waals surface area (Å²) in [6.07, 6.45) is 0.751. The number of anilines is 1. The molecule has 2 aliphatic rings. The first kappa shape index (κ1) is 21.0. The van der Waals surface area contributed by atoms with Crippen LogP contribution in [0.25, 0.3) is 10.8 Å². The summed E-state index contributed by atoms with van der Waals surface area (Å²) < 4.78 is 33.8. The van der Waals surface area contributed by atoms with E-state index in [-0.39, 0.29) is 18.7 Å². The second kappa shape index (κ2) is 8.26. The van der Waals surface area contributed by atoms with Crippen molar-refractivity contribution in [2.75, 3.05) is 18.0 Å². The normalized spacial score (nSPS) is 17.8. The molecule has 2 aliphatic heterocycles. The molecule has 6 nitrogen and oxygen atoms in total. The molecule has 2 heterocycles. The summed E-state index contributed by atoms with van der Waals surface area (Å²) >= 11 is 0. The Kier molecular flexibility index (Phi) is 5.43. The van der Waals surface area contributed by atoms with E-state index in [0.29, 0.717) is 30.8 Å². The fraction of sp³-hybridized carbons (Fsp3) is 0.292. The number of carbonyl (C=O) groups is 1. The molecule has 0 aliphatic carbocycles. The van der Waals surface area contributed by atoms with Gasteiger partial charge in [0, 0.05) is 30.1 Å². The molecule has 0 aromatic heterocycles. The number of carbonyl (C=O) groups excluding carboxylic acids is 1. The molecule has 3 aromatic rings. The third kappa shape index (κ3) is 3.57. The van der Waals surface area contributed by atoms with Gasteiger partial charge in [0.15, 0.2) is 0 Å². The predicted octanol–water partition coefficient (Wildman–Crippen LogP) is 3.53. The number of ether oxygens (including phenoxy) is 1. The van der Waals surface area contributed by atoms with Gasteiger partial charge in [0.1, 0.15) is 13.9 Å². The molecule has 0 atom stereocenters. The number of cyclic esters (lactones) is 1. The lowest BCUT2D eigenvalue weighted by Gasteiger charge is -2.40. The molecule has 8 heteroatoms. The summed E-state index contributed by atoms with van der Waals surface area (Å²) in [6, 6.07) is 18.8. The topological polar surface area (TPSA) is 66.9 Å². The van der Waals surface area contributed by atoms with Gasteiger partial charge in [-0.3, -0.25) is 4.90 Å². The van der Waals surface area contributed by atoms with Crippen LogP contribution >= 0.6 is 0 Å². The van der Waals surface area contributed by atoms with Gasteiger partial charge in [-0.25, -0.2) is 13.2 Å². The van der Waals surface area contributed by atoms with E-state index in [2.05, 4.69) is 0 Å². The zero-order chi connectivity index (χ0) is 22.3. The van der Waals surface area contributed by atoms with Crippen LogP contribution in [0.15, 0.2) is 65.6 Å². The Hall–Kier alpha value is -2.84. The van der Waals surface area contributed by atoms with Crippen LogP contribution in [-0.4, -0.2) is 45.2 Å². The summed E-state index contributed by atoms with van der Waals surface area (Å²) in [5, 5.41) is 1.63. The molecule has 32 heavy (non-hydrogen) atoms. The number of hydrogen-bond donors (Lipinski definition) is 0. The Labute approximate surface area is 189 Å². The second-order valence-electron chi connectivity index (χ2n) is 8.21. The Morgan fingerprint density at radius 3 is 2.53 bits per heavy atom. The van der Waals surface area contributed by atoms with Gasteiger partial charge in [-0.05, 0) is 30.4 Å². The minimum absolute atomic E-state index is 0.100. The van der Waals surface area contributed by atoms with Crippen LogP contribution in [0.1, 0.15) is 18.4 Å². The highest BCUT2D eigenvalue weighted by Gasteiger charge is 2.37. The third-order valence-electron chi connectivity index (χ3n) is 6.40. The van der Waals surface area contributed by atoms with Gasteiger partial charge < -0.3 is 4.74 Å². The number of rotatable bonds is 4. The average molecular weight is 447 g/mol. The molecular weight excluding hydrogens is 423 g/mol. The van der Waals surface area contributed by atoms with Crippen LogP contribution in [0.5, 0.6) is 0 Å². The van der Waals surface area contributed by atoms with Crippen LogP contribution in [0.4, 0.5) is 10.5 Å². The Balaban J connectivity index is 1.38. The van der Waals surface area contributed by atoms with Crippen molar-refractivity contribution in [3.05, 3.63) is 66.2 Å². The number of hydrogen-bond acceptors (Lipinski definition) is 4. The largest absolute Gasteiger partial charge is 0.444 e. The third-order valence-corrected chi connectivity index (χ3v) is 8.36. The molecule has 1 radical (unpaired) electrons. The van der Waals surface area contributed by atoms with E-state index in [9.17, 15) is 13.2 Å². The molecule has 1 saturated heterocycles. The molecule has 0 saturated carbocycles. The molecule has 0 N–H and O–H groups in total. The SMILES string of the molecule is C[B]c1ccc2c(c1)COC(=O)N2C1CCN(S(=O)(=O)c2cccc3ccccc23)CC1. The van der Waals surface area contributed by atoms with Gasteiger partial charge in [0.2, 0.25) is 10.0 Å². The molecule has 3 aromatic carbocycles. The lowest BCUT2D eigenvalue weighted by molar-refractivity contribution is 0.136. The summed E-state index contributed by atoms with van der Waals surface area (Å²) in [6.45, 7) is 2.95. The van der Waals surface area contributed by atoms with Crippen LogP contribution in [0, 0.1) is 0 Å². The molecule has 163 valence electrons. The van der Waals surface area contributed by atoms with Gasteiger partial charge in [-0.15, -0.1) is 0 Å². The van der Waals surface area contributed by atoms with Crippen LogP contribution in [0.2, 0.25) is 6.82 Å². The highest BCUT2D eigenvalue weighted by Crippen LogP contribution is 2.33. The highest BCUT2D eigenvalue weighted by molar-refractivity contribution is 7.89. The fourth-order valence-electron chi connectivity index (χ4n) is 4.69. The summed E-state index contributed by atoms with van der Waals surface area (Å²) in [4.78, 5) is 14.7. The average Bonchev–Trinajstić information content (AvgIpc) is 2.83. The quantitative estimate of drug-likeness (QED) is 0.574.